The molecule has 0 aliphatic carbocycles. The smallest absolute Gasteiger partial charge is 0.251 e. The van der Waals surface area contributed by atoms with Gasteiger partial charge in [-0.2, -0.15) is 0 Å². The van der Waals surface area contributed by atoms with Gasteiger partial charge in [-0.05, 0) is 29.7 Å². The van der Waals surface area contributed by atoms with Gasteiger partial charge in [-0.15, -0.1) is 0 Å². The molecule has 1 unspecified atom stereocenters. The third-order valence-corrected chi connectivity index (χ3v) is 5.17. The molecular formula is C22H24N4O3S. The van der Waals surface area contributed by atoms with E-state index in [9.17, 15) is 14.4 Å². The van der Waals surface area contributed by atoms with Gasteiger partial charge >= 0.3 is 0 Å². The Morgan fingerprint density at radius 2 is 1.77 bits per heavy atom. The quantitative estimate of drug-likeness (QED) is 0.532. The van der Waals surface area contributed by atoms with Crippen LogP contribution in [0.15, 0.2) is 48.5 Å². The van der Waals surface area contributed by atoms with E-state index in [1.807, 2.05) is 44.2 Å². The molecule has 0 fully saturated rings. The molecule has 0 saturated heterocycles. The molecule has 30 heavy (non-hydrogen) atoms. The lowest BCUT2D eigenvalue weighted by Crippen LogP contribution is -2.37. The van der Waals surface area contributed by atoms with Gasteiger partial charge in [0.2, 0.25) is 11.8 Å². The van der Waals surface area contributed by atoms with Crippen molar-refractivity contribution in [2.45, 2.75) is 33.2 Å². The van der Waals surface area contributed by atoms with Crippen molar-refractivity contribution in [2.24, 2.45) is 5.92 Å². The number of thiazole rings is 1. The molecule has 1 heterocycles. The molecule has 1 atom stereocenters. The van der Waals surface area contributed by atoms with Crippen molar-refractivity contribution >= 4 is 50.1 Å². The summed E-state index contributed by atoms with van der Waals surface area (Å²) in [6.07, 6.45) is 0.343. The van der Waals surface area contributed by atoms with Crippen LogP contribution in [0.4, 0.5) is 10.8 Å². The van der Waals surface area contributed by atoms with Crippen LogP contribution in [0.3, 0.4) is 0 Å². The average molecular weight is 425 g/mol. The van der Waals surface area contributed by atoms with E-state index < -0.39 is 6.04 Å². The van der Waals surface area contributed by atoms with Crippen molar-refractivity contribution in [3.8, 4) is 0 Å². The number of fused-ring (bicyclic) bond motifs is 1. The normalized spacial score (nSPS) is 11.9. The van der Waals surface area contributed by atoms with E-state index in [-0.39, 0.29) is 23.6 Å². The summed E-state index contributed by atoms with van der Waals surface area (Å²) in [5.74, 6) is -0.502. The van der Waals surface area contributed by atoms with Crippen LogP contribution in [0.5, 0.6) is 0 Å². The molecule has 3 amide bonds. The van der Waals surface area contributed by atoms with Gasteiger partial charge in [0.1, 0.15) is 6.04 Å². The van der Waals surface area contributed by atoms with Gasteiger partial charge in [-0.1, -0.05) is 55.5 Å². The molecule has 0 saturated carbocycles. The zero-order valence-corrected chi connectivity index (χ0v) is 17.9. The number of nitrogens with zero attached hydrogens (tertiary/aromatic N) is 1. The van der Waals surface area contributed by atoms with E-state index in [1.165, 1.54) is 18.3 Å². The highest BCUT2D eigenvalue weighted by Gasteiger charge is 2.23. The maximum atomic E-state index is 13.0. The molecule has 1 aromatic heterocycles. The molecule has 0 aliphatic rings. The SMILES string of the molecule is CC(=O)Nc1nc2ccc(NC(=O)C(NC(=O)CC(C)C)c3ccccc3)cc2s1. The van der Waals surface area contributed by atoms with Crippen molar-refractivity contribution in [1.82, 2.24) is 10.3 Å². The monoisotopic (exact) mass is 424 g/mol. The number of carbonyl (C=O) groups excluding carboxylic acids is 3. The highest BCUT2D eigenvalue weighted by atomic mass is 32.1. The second-order valence-electron chi connectivity index (χ2n) is 7.38. The number of carbonyl (C=O) groups is 3. The van der Waals surface area contributed by atoms with E-state index >= 15 is 0 Å². The average Bonchev–Trinajstić information content (AvgIpc) is 3.06. The molecular weight excluding hydrogens is 400 g/mol. The first-order valence-electron chi connectivity index (χ1n) is 9.65. The maximum Gasteiger partial charge on any atom is 0.251 e. The number of hydrogen-bond acceptors (Lipinski definition) is 5. The van der Waals surface area contributed by atoms with E-state index in [0.717, 1.165) is 10.2 Å². The van der Waals surface area contributed by atoms with Crippen LogP contribution >= 0.6 is 11.3 Å². The van der Waals surface area contributed by atoms with Crippen molar-refractivity contribution in [3.05, 3.63) is 54.1 Å². The Kier molecular flexibility index (Phi) is 6.79. The standard InChI is InChI=1S/C22H24N4O3S/c1-13(2)11-19(28)26-20(15-7-5-4-6-8-15)21(29)24-16-9-10-17-18(12-16)30-22(25-17)23-14(3)27/h4-10,12-13,20H,11H2,1-3H3,(H,24,29)(H,26,28)(H,23,25,27). The summed E-state index contributed by atoms with van der Waals surface area (Å²) in [6, 6.07) is 13.7. The Balaban J connectivity index is 1.80. The summed E-state index contributed by atoms with van der Waals surface area (Å²) in [6.45, 7) is 5.34. The van der Waals surface area contributed by atoms with Gasteiger partial charge in [0, 0.05) is 19.0 Å². The number of amides is 3. The first kappa shape index (κ1) is 21.4. The molecule has 3 rings (SSSR count). The molecule has 8 heteroatoms. The Bertz CT molecular complexity index is 1060. The van der Waals surface area contributed by atoms with Crippen LogP contribution in [0.25, 0.3) is 10.2 Å². The highest BCUT2D eigenvalue weighted by Crippen LogP contribution is 2.29. The van der Waals surface area contributed by atoms with Gasteiger partial charge < -0.3 is 16.0 Å². The van der Waals surface area contributed by atoms with Crippen LogP contribution in [0.1, 0.15) is 38.8 Å². The van der Waals surface area contributed by atoms with Crippen LogP contribution in [0.2, 0.25) is 0 Å². The predicted octanol–water partition coefficient (Wildman–Crippen LogP) is 4.10. The zero-order chi connectivity index (χ0) is 21.7. The summed E-state index contributed by atoms with van der Waals surface area (Å²) in [4.78, 5) is 40.9. The lowest BCUT2D eigenvalue weighted by Gasteiger charge is -2.19. The van der Waals surface area contributed by atoms with Crippen molar-refractivity contribution in [3.63, 3.8) is 0 Å². The Morgan fingerprint density at radius 3 is 2.43 bits per heavy atom. The topological polar surface area (TPSA) is 100 Å². The van der Waals surface area contributed by atoms with Crippen molar-refractivity contribution in [2.75, 3.05) is 10.6 Å². The lowest BCUT2D eigenvalue weighted by atomic mass is 10.0. The van der Waals surface area contributed by atoms with Crippen LogP contribution in [0, 0.1) is 5.92 Å². The van der Waals surface area contributed by atoms with Crippen molar-refractivity contribution < 1.29 is 14.4 Å². The molecule has 0 aliphatic heterocycles. The summed E-state index contributed by atoms with van der Waals surface area (Å²) >= 11 is 1.33. The molecule has 0 radical (unpaired) electrons. The van der Waals surface area contributed by atoms with Gasteiger partial charge in [0.05, 0.1) is 10.2 Å². The van der Waals surface area contributed by atoms with Gasteiger partial charge in [0.25, 0.3) is 5.91 Å². The number of benzene rings is 2. The minimum absolute atomic E-state index is 0.174. The number of anilines is 2. The second-order valence-corrected chi connectivity index (χ2v) is 8.41. The van der Waals surface area contributed by atoms with Gasteiger partial charge in [0.15, 0.2) is 5.13 Å². The largest absolute Gasteiger partial charge is 0.341 e. The van der Waals surface area contributed by atoms with Gasteiger partial charge in [-0.3, -0.25) is 14.4 Å². The van der Waals surface area contributed by atoms with Crippen molar-refractivity contribution in [1.29, 1.82) is 0 Å². The summed E-state index contributed by atoms with van der Waals surface area (Å²) < 4.78 is 0.830. The first-order chi connectivity index (χ1) is 14.3. The lowest BCUT2D eigenvalue weighted by molar-refractivity contribution is -0.127. The minimum Gasteiger partial charge on any atom is -0.341 e. The molecule has 3 aromatic rings. The summed E-state index contributed by atoms with van der Waals surface area (Å²) in [5.41, 5.74) is 2.02. The third kappa shape index (κ3) is 5.64. The molecule has 0 spiro atoms. The molecule has 7 nitrogen and oxygen atoms in total. The van der Waals surface area contributed by atoms with E-state index in [4.69, 9.17) is 0 Å². The fourth-order valence-electron chi connectivity index (χ4n) is 2.96. The number of nitrogens with one attached hydrogen (secondary N) is 3. The van der Waals surface area contributed by atoms with Crippen LogP contribution < -0.4 is 16.0 Å². The number of hydrogen-bond donors (Lipinski definition) is 3. The second kappa shape index (κ2) is 9.49. The fraction of sp³-hybridized carbons (Fsp3) is 0.273. The Labute approximate surface area is 178 Å². The van der Waals surface area contributed by atoms with Gasteiger partial charge in [-0.25, -0.2) is 4.98 Å². The molecule has 3 N–H and O–H groups in total. The van der Waals surface area contributed by atoms with E-state index in [0.29, 0.717) is 22.8 Å². The molecule has 2 aromatic carbocycles. The predicted molar refractivity (Wildman–Crippen MR) is 119 cm³/mol. The zero-order valence-electron chi connectivity index (χ0n) is 17.1. The molecule has 0 bridgehead atoms. The van der Waals surface area contributed by atoms with Crippen LogP contribution in [-0.4, -0.2) is 22.7 Å². The first-order valence-corrected chi connectivity index (χ1v) is 10.5. The third-order valence-electron chi connectivity index (χ3n) is 4.23. The van der Waals surface area contributed by atoms with E-state index in [1.54, 1.807) is 18.2 Å². The van der Waals surface area contributed by atoms with Crippen LogP contribution in [-0.2, 0) is 14.4 Å². The Morgan fingerprint density at radius 1 is 1.03 bits per heavy atom. The Hall–Kier alpha value is -3.26. The molecule has 156 valence electrons. The summed E-state index contributed by atoms with van der Waals surface area (Å²) in [5, 5.41) is 8.89. The minimum atomic E-state index is -0.801. The summed E-state index contributed by atoms with van der Waals surface area (Å²) in [7, 11) is 0. The number of aromatic nitrogens is 1. The number of rotatable bonds is 7. The maximum absolute atomic E-state index is 13.0. The highest BCUT2D eigenvalue weighted by molar-refractivity contribution is 7.22. The van der Waals surface area contributed by atoms with E-state index in [2.05, 4.69) is 20.9 Å². The fourth-order valence-corrected chi connectivity index (χ4v) is 3.91.